The minimum atomic E-state index is 0.614. The molecule has 18 heavy (non-hydrogen) atoms. The molecule has 0 amide bonds. The number of fused-ring (bicyclic) bond motifs is 5. The lowest BCUT2D eigenvalue weighted by molar-refractivity contribution is 0.352. The lowest BCUT2D eigenvalue weighted by atomic mass is 9.84. The summed E-state index contributed by atoms with van der Waals surface area (Å²) in [4.78, 5) is 2.48. The van der Waals surface area contributed by atoms with Crippen LogP contribution in [-0.2, 0) is 0 Å². The van der Waals surface area contributed by atoms with Crippen LogP contribution >= 0.6 is 0 Å². The number of rotatable bonds is 0. The highest BCUT2D eigenvalue weighted by Gasteiger charge is 2.30. The van der Waals surface area contributed by atoms with Gasteiger partial charge in [-0.05, 0) is 42.6 Å². The Hall–Kier alpha value is -1.76. The molecule has 1 aromatic rings. The van der Waals surface area contributed by atoms with Crippen molar-refractivity contribution in [1.82, 2.24) is 4.90 Å². The molecular weight excluding hydrogens is 218 g/mol. The Morgan fingerprint density at radius 1 is 1.06 bits per heavy atom. The standard InChI is InChI=1S/C17H17N/c1-3-7-15-13(5-1)11-12-18-16-8-4-2-6-14(16)9-10-17(15)18/h1,3,5,7,9-12,16H,2,4,6,8H2. The van der Waals surface area contributed by atoms with E-state index in [9.17, 15) is 0 Å². The van der Waals surface area contributed by atoms with Gasteiger partial charge in [-0.2, -0.15) is 0 Å². The largest absolute Gasteiger partial charge is 0.340 e. The van der Waals surface area contributed by atoms with E-state index in [1.165, 1.54) is 42.5 Å². The summed E-state index contributed by atoms with van der Waals surface area (Å²) >= 11 is 0. The van der Waals surface area contributed by atoms with E-state index in [2.05, 4.69) is 53.6 Å². The average molecular weight is 235 g/mol. The summed E-state index contributed by atoms with van der Waals surface area (Å²) in [6.07, 6.45) is 14.5. The van der Waals surface area contributed by atoms with Crippen molar-refractivity contribution in [3.05, 3.63) is 59.3 Å². The van der Waals surface area contributed by atoms with Crippen molar-refractivity contribution in [2.75, 3.05) is 0 Å². The van der Waals surface area contributed by atoms with Crippen LogP contribution in [0.2, 0.25) is 0 Å². The lowest BCUT2D eigenvalue weighted by Crippen LogP contribution is -2.36. The normalized spacial score (nSPS) is 24.7. The Labute approximate surface area is 108 Å². The molecule has 2 aliphatic heterocycles. The van der Waals surface area contributed by atoms with Crippen LogP contribution in [0.25, 0.3) is 11.8 Å². The Bertz CT molecular complexity index is 577. The van der Waals surface area contributed by atoms with Gasteiger partial charge in [0.05, 0.1) is 6.04 Å². The third-order valence-corrected chi connectivity index (χ3v) is 4.34. The first-order valence-electron chi connectivity index (χ1n) is 6.90. The SMILES string of the molecule is C1=CN2C(=CC=C3CCCCC32)c2ccccc21. The molecular formula is C17H17N. The molecule has 1 heteroatoms. The molecule has 1 aromatic carbocycles. The van der Waals surface area contributed by atoms with Crippen LogP contribution in [0.15, 0.2) is 48.2 Å². The molecule has 1 nitrogen and oxygen atoms in total. The molecule has 1 aliphatic carbocycles. The van der Waals surface area contributed by atoms with Crippen molar-refractivity contribution in [2.45, 2.75) is 31.7 Å². The molecule has 0 bridgehead atoms. The number of hydrogen-bond donors (Lipinski definition) is 0. The highest BCUT2D eigenvalue weighted by molar-refractivity contribution is 5.79. The number of allylic oxidation sites excluding steroid dienone is 2. The van der Waals surface area contributed by atoms with Gasteiger partial charge in [0.2, 0.25) is 0 Å². The molecule has 1 saturated carbocycles. The molecule has 0 saturated heterocycles. The summed E-state index contributed by atoms with van der Waals surface area (Å²) in [7, 11) is 0. The molecule has 0 aromatic heterocycles. The van der Waals surface area contributed by atoms with Crippen LogP contribution < -0.4 is 0 Å². The van der Waals surface area contributed by atoms with Gasteiger partial charge in [-0.1, -0.05) is 36.8 Å². The van der Waals surface area contributed by atoms with E-state index in [1.54, 1.807) is 5.57 Å². The maximum atomic E-state index is 2.48. The van der Waals surface area contributed by atoms with Gasteiger partial charge >= 0.3 is 0 Å². The van der Waals surface area contributed by atoms with E-state index in [-0.39, 0.29) is 0 Å². The summed E-state index contributed by atoms with van der Waals surface area (Å²) < 4.78 is 0. The molecule has 2 heterocycles. The third kappa shape index (κ3) is 1.40. The van der Waals surface area contributed by atoms with Crippen molar-refractivity contribution < 1.29 is 0 Å². The molecule has 90 valence electrons. The Balaban J connectivity index is 1.85. The smallest absolute Gasteiger partial charge is 0.0548 e. The van der Waals surface area contributed by atoms with Gasteiger partial charge in [-0.3, -0.25) is 0 Å². The predicted octanol–water partition coefficient (Wildman–Crippen LogP) is 4.20. The third-order valence-electron chi connectivity index (χ3n) is 4.34. The zero-order chi connectivity index (χ0) is 11.9. The zero-order valence-electron chi connectivity index (χ0n) is 10.5. The van der Waals surface area contributed by atoms with Gasteiger partial charge < -0.3 is 4.90 Å². The summed E-state index contributed by atoms with van der Waals surface area (Å²) in [6, 6.07) is 9.30. The van der Waals surface area contributed by atoms with Crippen LogP contribution in [0.4, 0.5) is 0 Å². The van der Waals surface area contributed by atoms with E-state index in [0.717, 1.165) is 0 Å². The highest BCUT2D eigenvalue weighted by Crippen LogP contribution is 2.40. The molecule has 4 rings (SSSR count). The summed E-state index contributed by atoms with van der Waals surface area (Å²) in [5, 5.41) is 0. The second kappa shape index (κ2) is 3.88. The van der Waals surface area contributed by atoms with Crippen molar-refractivity contribution in [3.63, 3.8) is 0 Å². The topological polar surface area (TPSA) is 3.24 Å². The zero-order valence-corrected chi connectivity index (χ0v) is 10.5. The molecule has 1 atom stereocenters. The summed E-state index contributed by atoms with van der Waals surface area (Å²) in [5.74, 6) is 0. The van der Waals surface area contributed by atoms with Gasteiger partial charge in [0.1, 0.15) is 0 Å². The second-order valence-electron chi connectivity index (χ2n) is 5.37. The second-order valence-corrected chi connectivity index (χ2v) is 5.37. The van der Waals surface area contributed by atoms with Crippen LogP contribution in [-0.4, -0.2) is 10.9 Å². The number of nitrogens with zero attached hydrogens (tertiary/aromatic N) is 1. The maximum absolute atomic E-state index is 2.48. The van der Waals surface area contributed by atoms with Crippen molar-refractivity contribution in [2.24, 2.45) is 0 Å². The fraction of sp³-hybridized carbons (Fsp3) is 0.294. The van der Waals surface area contributed by atoms with Crippen molar-refractivity contribution in [1.29, 1.82) is 0 Å². The van der Waals surface area contributed by atoms with Gasteiger partial charge in [0.15, 0.2) is 0 Å². The minimum Gasteiger partial charge on any atom is -0.340 e. The van der Waals surface area contributed by atoms with Crippen molar-refractivity contribution in [3.8, 4) is 0 Å². The van der Waals surface area contributed by atoms with E-state index in [1.807, 2.05) is 0 Å². The number of benzene rings is 1. The fourth-order valence-corrected chi connectivity index (χ4v) is 3.42. The fourth-order valence-electron chi connectivity index (χ4n) is 3.42. The molecule has 0 spiro atoms. The van der Waals surface area contributed by atoms with Gasteiger partial charge in [0, 0.05) is 17.5 Å². The van der Waals surface area contributed by atoms with Crippen LogP contribution in [0.5, 0.6) is 0 Å². The summed E-state index contributed by atoms with van der Waals surface area (Å²) in [6.45, 7) is 0. The average Bonchev–Trinajstić information content (AvgIpc) is 2.46. The number of hydrogen-bond acceptors (Lipinski definition) is 1. The summed E-state index contributed by atoms with van der Waals surface area (Å²) in [5.41, 5.74) is 5.71. The van der Waals surface area contributed by atoms with E-state index in [4.69, 9.17) is 0 Å². The minimum absolute atomic E-state index is 0.614. The first-order valence-corrected chi connectivity index (χ1v) is 6.90. The molecule has 1 unspecified atom stereocenters. The van der Waals surface area contributed by atoms with Gasteiger partial charge in [-0.15, -0.1) is 0 Å². The van der Waals surface area contributed by atoms with Crippen LogP contribution in [0.3, 0.4) is 0 Å². The first kappa shape index (κ1) is 10.2. The molecule has 0 N–H and O–H groups in total. The highest BCUT2D eigenvalue weighted by atomic mass is 15.2. The van der Waals surface area contributed by atoms with Gasteiger partial charge in [0.25, 0.3) is 0 Å². The monoisotopic (exact) mass is 235 g/mol. The van der Waals surface area contributed by atoms with E-state index < -0.39 is 0 Å². The Kier molecular flexibility index (Phi) is 2.19. The Morgan fingerprint density at radius 2 is 2.00 bits per heavy atom. The molecule has 1 fully saturated rings. The van der Waals surface area contributed by atoms with Crippen LogP contribution in [0.1, 0.15) is 36.8 Å². The van der Waals surface area contributed by atoms with Crippen LogP contribution in [0, 0.1) is 0 Å². The van der Waals surface area contributed by atoms with Crippen molar-refractivity contribution >= 4 is 11.8 Å². The predicted molar refractivity (Wildman–Crippen MR) is 75.6 cm³/mol. The quantitative estimate of drug-likeness (QED) is 0.651. The lowest BCUT2D eigenvalue weighted by Gasteiger charge is -2.41. The molecule has 0 radical (unpaired) electrons. The van der Waals surface area contributed by atoms with Gasteiger partial charge in [-0.25, -0.2) is 0 Å². The van der Waals surface area contributed by atoms with E-state index >= 15 is 0 Å². The first-order chi connectivity index (χ1) is 8.93. The molecule has 3 aliphatic rings. The Morgan fingerprint density at radius 3 is 3.00 bits per heavy atom. The van der Waals surface area contributed by atoms with E-state index in [0.29, 0.717) is 6.04 Å². The maximum Gasteiger partial charge on any atom is 0.0548 e.